The average Bonchev–Trinajstić information content (AvgIpc) is 3.36. The number of hydrogen-bond donors (Lipinski definition) is 1. The van der Waals surface area contributed by atoms with Gasteiger partial charge in [0.2, 0.25) is 5.91 Å². The first kappa shape index (κ1) is 22.0. The lowest BCUT2D eigenvalue weighted by Crippen LogP contribution is -2.43. The second-order valence-corrected chi connectivity index (χ2v) is 8.34. The van der Waals surface area contributed by atoms with Gasteiger partial charge >= 0.3 is 0 Å². The minimum atomic E-state index is -0.492. The monoisotopic (exact) mass is 434 g/mol. The molecule has 0 aliphatic carbocycles. The molecule has 1 aliphatic rings. The second kappa shape index (κ2) is 10.4. The summed E-state index contributed by atoms with van der Waals surface area (Å²) in [5.74, 6) is 1.10. The zero-order valence-electron chi connectivity index (χ0n) is 18.6. The zero-order valence-corrected chi connectivity index (χ0v) is 18.6. The van der Waals surface area contributed by atoms with E-state index >= 15 is 0 Å². The molecule has 4 rings (SSSR count). The third-order valence-corrected chi connectivity index (χ3v) is 6.26. The number of tetrazole rings is 1. The number of piperidine rings is 1. The Morgan fingerprint density at radius 1 is 1.19 bits per heavy atom. The first-order valence-corrected chi connectivity index (χ1v) is 11.0. The molecule has 1 N–H and O–H groups in total. The molecule has 168 valence electrons. The molecule has 1 aliphatic heterocycles. The lowest BCUT2D eigenvalue weighted by atomic mass is 9.84. The summed E-state index contributed by atoms with van der Waals surface area (Å²) in [6, 6.07) is 17.9. The third-order valence-electron chi connectivity index (χ3n) is 6.26. The number of methoxy groups -OCH3 is 1. The SMILES string of the molecule is COc1ccc(C2C(CNC(=O)C(Cc3ccccc3)n3cnnn3)CCCN2C)cc1. The fourth-order valence-corrected chi connectivity index (χ4v) is 4.61. The Labute approximate surface area is 188 Å². The lowest BCUT2D eigenvalue weighted by molar-refractivity contribution is -0.125. The van der Waals surface area contributed by atoms with Crippen LogP contribution in [0.3, 0.4) is 0 Å². The molecular formula is C24H30N6O2. The van der Waals surface area contributed by atoms with E-state index in [-0.39, 0.29) is 11.9 Å². The van der Waals surface area contributed by atoms with Gasteiger partial charge in [-0.05, 0) is 66.0 Å². The Bertz CT molecular complexity index is 977. The minimum Gasteiger partial charge on any atom is -0.497 e. The van der Waals surface area contributed by atoms with Gasteiger partial charge in [-0.2, -0.15) is 0 Å². The summed E-state index contributed by atoms with van der Waals surface area (Å²) in [5, 5.41) is 14.6. The van der Waals surface area contributed by atoms with Gasteiger partial charge in [0.1, 0.15) is 18.1 Å². The van der Waals surface area contributed by atoms with Crippen molar-refractivity contribution in [2.45, 2.75) is 31.3 Å². The highest BCUT2D eigenvalue weighted by Crippen LogP contribution is 2.35. The number of rotatable bonds is 8. The summed E-state index contributed by atoms with van der Waals surface area (Å²) in [5.41, 5.74) is 2.31. The molecule has 3 atom stereocenters. The summed E-state index contributed by atoms with van der Waals surface area (Å²) < 4.78 is 6.85. The number of aromatic nitrogens is 4. The van der Waals surface area contributed by atoms with Crippen LogP contribution in [-0.4, -0.2) is 58.3 Å². The fraction of sp³-hybridized carbons (Fsp3) is 0.417. The average molecular weight is 435 g/mol. The van der Waals surface area contributed by atoms with E-state index in [1.807, 2.05) is 42.5 Å². The topological polar surface area (TPSA) is 85.2 Å². The van der Waals surface area contributed by atoms with Crippen LogP contribution in [0.15, 0.2) is 60.9 Å². The minimum absolute atomic E-state index is 0.0668. The van der Waals surface area contributed by atoms with Crippen molar-refractivity contribution in [3.05, 3.63) is 72.1 Å². The highest BCUT2D eigenvalue weighted by molar-refractivity contribution is 5.80. The molecule has 3 unspecified atom stereocenters. The van der Waals surface area contributed by atoms with E-state index in [2.05, 4.69) is 44.9 Å². The number of amides is 1. The molecule has 1 fully saturated rings. The third kappa shape index (κ3) is 5.13. The standard InChI is InChI=1S/C24H30N6O2/c1-29-14-6-9-20(23(29)19-10-12-21(32-2)13-11-19)16-25-24(31)22(30-17-26-27-28-30)15-18-7-4-3-5-8-18/h3-5,7-8,10-13,17,20,22-23H,6,9,14-16H2,1-2H3,(H,25,31). The van der Waals surface area contributed by atoms with E-state index in [4.69, 9.17) is 4.74 Å². The molecule has 2 aromatic carbocycles. The van der Waals surface area contributed by atoms with E-state index < -0.39 is 6.04 Å². The van der Waals surface area contributed by atoms with Gasteiger partial charge in [0, 0.05) is 19.0 Å². The smallest absolute Gasteiger partial charge is 0.245 e. The Hall–Kier alpha value is -3.26. The predicted molar refractivity (Wildman–Crippen MR) is 121 cm³/mol. The normalized spacial score (nSPS) is 19.9. The van der Waals surface area contributed by atoms with E-state index in [1.54, 1.807) is 7.11 Å². The lowest BCUT2D eigenvalue weighted by Gasteiger charge is -2.40. The van der Waals surface area contributed by atoms with Crippen molar-refractivity contribution in [3.63, 3.8) is 0 Å². The number of ether oxygens (including phenoxy) is 1. The van der Waals surface area contributed by atoms with Crippen LogP contribution in [0.4, 0.5) is 0 Å². The Balaban J connectivity index is 1.47. The van der Waals surface area contributed by atoms with Crippen molar-refractivity contribution < 1.29 is 9.53 Å². The van der Waals surface area contributed by atoms with Crippen molar-refractivity contribution >= 4 is 5.91 Å². The molecule has 1 aromatic heterocycles. The highest BCUT2D eigenvalue weighted by atomic mass is 16.5. The number of nitrogens with one attached hydrogen (secondary N) is 1. The van der Waals surface area contributed by atoms with Crippen LogP contribution in [0.1, 0.15) is 36.1 Å². The van der Waals surface area contributed by atoms with Gasteiger partial charge in [-0.1, -0.05) is 42.5 Å². The molecule has 2 heterocycles. The molecule has 8 heteroatoms. The van der Waals surface area contributed by atoms with Crippen molar-refractivity contribution in [3.8, 4) is 5.75 Å². The van der Waals surface area contributed by atoms with Gasteiger partial charge in [-0.3, -0.25) is 9.69 Å². The van der Waals surface area contributed by atoms with Crippen molar-refractivity contribution in [2.75, 3.05) is 27.2 Å². The molecule has 0 spiro atoms. The van der Waals surface area contributed by atoms with Crippen LogP contribution in [0, 0.1) is 5.92 Å². The molecule has 0 bridgehead atoms. The molecular weight excluding hydrogens is 404 g/mol. The van der Waals surface area contributed by atoms with E-state index in [0.29, 0.717) is 18.9 Å². The largest absolute Gasteiger partial charge is 0.497 e. The first-order valence-electron chi connectivity index (χ1n) is 11.0. The van der Waals surface area contributed by atoms with E-state index in [9.17, 15) is 4.79 Å². The zero-order chi connectivity index (χ0) is 22.3. The summed E-state index contributed by atoms with van der Waals surface area (Å²) in [6.07, 6.45) is 4.21. The Morgan fingerprint density at radius 3 is 2.66 bits per heavy atom. The quantitative estimate of drug-likeness (QED) is 0.587. The molecule has 1 saturated heterocycles. The number of hydrogen-bond acceptors (Lipinski definition) is 6. The fourth-order valence-electron chi connectivity index (χ4n) is 4.61. The number of carbonyl (C=O) groups is 1. The van der Waals surface area contributed by atoms with E-state index in [1.165, 1.54) is 16.6 Å². The summed E-state index contributed by atoms with van der Waals surface area (Å²) in [7, 11) is 3.83. The first-order chi connectivity index (χ1) is 15.7. The summed E-state index contributed by atoms with van der Waals surface area (Å²) >= 11 is 0. The summed E-state index contributed by atoms with van der Waals surface area (Å²) in [4.78, 5) is 15.6. The Morgan fingerprint density at radius 2 is 1.97 bits per heavy atom. The van der Waals surface area contributed by atoms with Crippen molar-refractivity contribution in [1.82, 2.24) is 30.4 Å². The molecule has 3 aromatic rings. The van der Waals surface area contributed by atoms with Crippen molar-refractivity contribution in [2.24, 2.45) is 5.92 Å². The van der Waals surface area contributed by atoms with E-state index in [0.717, 1.165) is 30.7 Å². The van der Waals surface area contributed by atoms with Gasteiger partial charge in [-0.25, -0.2) is 4.68 Å². The maximum absolute atomic E-state index is 13.2. The highest BCUT2D eigenvalue weighted by Gasteiger charge is 2.32. The number of carbonyl (C=O) groups excluding carboxylic acids is 1. The van der Waals surface area contributed by atoms with Crippen LogP contribution in [-0.2, 0) is 11.2 Å². The molecule has 1 amide bonds. The van der Waals surface area contributed by atoms with Crippen LogP contribution in [0.25, 0.3) is 0 Å². The second-order valence-electron chi connectivity index (χ2n) is 8.34. The predicted octanol–water partition coefficient (Wildman–Crippen LogP) is 2.66. The maximum Gasteiger partial charge on any atom is 0.245 e. The van der Waals surface area contributed by atoms with Gasteiger partial charge in [-0.15, -0.1) is 5.10 Å². The van der Waals surface area contributed by atoms with Gasteiger partial charge in [0.05, 0.1) is 7.11 Å². The molecule has 32 heavy (non-hydrogen) atoms. The Kier molecular flexibility index (Phi) is 7.11. The van der Waals surface area contributed by atoms with Crippen molar-refractivity contribution in [1.29, 1.82) is 0 Å². The molecule has 8 nitrogen and oxygen atoms in total. The van der Waals surface area contributed by atoms with Crippen LogP contribution >= 0.6 is 0 Å². The number of benzene rings is 2. The van der Waals surface area contributed by atoms with Gasteiger partial charge in [0.15, 0.2) is 0 Å². The number of nitrogens with zero attached hydrogens (tertiary/aromatic N) is 5. The van der Waals surface area contributed by atoms with Crippen LogP contribution in [0.2, 0.25) is 0 Å². The van der Waals surface area contributed by atoms with Crippen LogP contribution < -0.4 is 10.1 Å². The van der Waals surface area contributed by atoms with Gasteiger partial charge in [0.25, 0.3) is 0 Å². The maximum atomic E-state index is 13.2. The molecule has 0 radical (unpaired) electrons. The van der Waals surface area contributed by atoms with Gasteiger partial charge < -0.3 is 10.1 Å². The summed E-state index contributed by atoms with van der Waals surface area (Å²) in [6.45, 7) is 1.65. The number of likely N-dealkylation sites (tertiary alicyclic amines) is 1. The van der Waals surface area contributed by atoms with Crippen LogP contribution in [0.5, 0.6) is 5.75 Å². The molecule has 0 saturated carbocycles.